The average molecular weight is 224 g/mol. The molecule has 0 amide bonds. The zero-order chi connectivity index (χ0) is 11.9. The SMILES string of the molecule is CC1CC(C(=O)O)C(c2nc(N)n(C)n2)C1. The molecule has 1 aliphatic carbocycles. The van der Waals surface area contributed by atoms with Gasteiger partial charge in [-0.25, -0.2) is 4.68 Å². The van der Waals surface area contributed by atoms with Crippen molar-refractivity contribution in [3.05, 3.63) is 5.82 Å². The van der Waals surface area contributed by atoms with Crippen molar-refractivity contribution in [2.24, 2.45) is 18.9 Å². The summed E-state index contributed by atoms with van der Waals surface area (Å²) >= 11 is 0. The Balaban J connectivity index is 2.28. The molecule has 1 saturated carbocycles. The van der Waals surface area contributed by atoms with E-state index in [1.54, 1.807) is 7.05 Å². The van der Waals surface area contributed by atoms with Gasteiger partial charge in [-0.3, -0.25) is 4.79 Å². The van der Waals surface area contributed by atoms with Gasteiger partial charge in [-0.15, -0.1) is 0 Å². The number of nitrogens with zero attached hydrogens (tertiary/aromatic N) is 3. The van der Waals surface area contributed by atoms with E-state index in [0.717, 1.165) is 6.42 Å². The van der Waals surface area contributed by atoms with Crippen LogP contribution < -0.4 is 5.73 Å². The molecule has 6 heteroatoms. The van der Waals surface area contributed by atoms with Crippen molar-refractivity contribution in [3.63, 3.8) is 0 Å². The minimum Gasteiger partial charge on any atom is -0.481 e. The molecule has 6 nitrogen and oxygen atoms in total. The second-order valence-electron chi connectivity index (χ2n) is 4.58. The van der Waals surface area contributed by atoms with Crippen LogP contribution in [0, 0.1) is 11.8 Å². The van der Waals surface area contributed by atoms with Gasteiger partial charge in [0, 0.05) is 13.0 Å². The summed E-state index contributed by atoms with van der Waals surface area (Å²) in [5.74, 6) is 0.0553. The van der Waals surface area contributed by atoms with Crippen molar-refractivity contribution in [1.29, 1.82) is 0 Å². The number of nitrogen functional groups attached to an aromatic ring is 1. The number of nitrogens with two attached hydrogens (primary N) is 1. The van der Waals surface area contributed by atoms with E-state index in [-0.39, 0.29) is 11.8 Å². The summed E-state index contributed by atoms with van der Waals surface area (Å²) in [6.07, 6.45) is 1.51. The molecule has 0 spiro atoms. The molecule has 0 saturated heterocycles. The number of hydrogen-bond acceptors (Lipinski definition) is 4. The summed E-state index contributed by atoms with van der Waals surface area (Å²) < 4.78 is 1.48. The molecule has 16 heavy (non-hydrogen) atoms. The largest absolute Gasteiger partial charge is 0.481 e. The van der Waals surface area contributed by atoms with Crippen LogP contribution in [0.4, 0.5) is 5.95 Å². The van der Waals surface area contributed by atoms with E-state index in [4.69, 9.17) is 10.8 Å². The molecule has 0 bridgehead atoms. The van der Waals surface area contributed by atoms with Gasteiger partial charge in [0.05, 0.1) is 5.92 Å². The van der Waals surface area contributed by atoms with Crippen LogP contribution in [-0.2, 0) is 11.8 Å². The van der Waals surface area contributed by atoms with Crippen LogP contribution in [0.3, 0.4) is 0 Å². The molecule has 1 fully saturated rings. The van der Waals surface area contributed by atoms with Crippen molar-refractivity contribution < 1.29 is 9.90 Å². The third-order valence-corrected chi connectivity index (χ3v) is 3.26. The summed E-state index contributed by atoms with van der Waals surface area (Å²) in [4.78, 5) is 15.3. The molecule has 1 aliphatic rings. The van der Waals surface area contributed by atoms with Crippen molar-refractivity contribution in [2.75, 3.05) is 5.73 Å². The highest BCUT2D eigenvalue weighted by Crippen LogP contribution is 2.41. The molecule has 3 N–H and O–H groups in total. The van der Waals surface area contributed by atoms with E-state index in [1.165, 1.54) is 4.68 Å². The van der Waals surface area contributed by atoms with Gasteiger partial charge >= 0.3 is 5.97 Å². The molecule has 2 rings (SSSR count). The van der Waals surface area contributed by atoms with E-state index >= 15 is 0 Å². The minimum atomic E-state index is -0.764. The number of aliphatic carboxylic acids is 1. The monoisotopic (exact) mass is 224 g/mol. The minimum absolute atomic E-state index is 0.101. The molecular formula is C10H16N4O2. The Kier molecular flexibility index (Phi) is 2.57. The third-order valence-electron chi connectivity index (χ3n) is 3.26. The number of rotatable bonds is 2. The predicted octanol–water partition coefficient (Wildman–Crippen LogP) is 0.612. The number of anilines is 1. The highest BCUT2D eigenvalue weighted by atomic mass is 16.4. The van der Waals surface area contributed by atoms with Gasteiger partial charge in [-0.2, -0.15) is 10.1 Å². The molecule has 0 aliphatic heterocycles. The zero-order valence-electron chi connectivity index (χ0n) is 9.42. The zero-order valence-corrected chi connectivity index (χ0v) is 9.42. The van der Waals surface area contributed by atoms with Gasteiger partial charge in [-0.05, 0) is 18.8 Å². The Bertz CT molecular complexity index is 395. The van der Waals surface area contributed by atoms with E-state index in [0.29, 0.717) is 24.1 Å². The smallest absolute Gasteiger partial charge is 0.307 e. The maximum Gasteiger partial charge on any atom is 0.307 e. The second-order valence-corrected chi connectivity index (χ2v) is 4.58. The standard InChI is InChI=1S/C10H16N4O2/c1-5-3-6(7(4-5)9(15)16)8-12-10(11)14(2)13-8/h5-7H,3-4H2,1-2H3,(H,15,16)(H2,11,12,13). The molecular weight excluding hydrogens is 208 g/mol. The van der Waals surface area contributed by atoms with Crippen LogP contribution in [0.1, 0.15) is 31.5 Å². The topological polar surface area (TPSA) is 94.0 Å². The summed E-state index contributed by atoms with van der Waals surface area (Å²) in [6.45, 7) is 2.06. The fourth-order valence-corrected chi connectivity index (χ4v) is 2.42. The predicted molar refractivity (Wildman–Crippen MR) is 57.7 cm³/mol. The second kappa shape index (κ2) is 3.77. The lowest BCUT2D eigenvalue weighted by Gasteiger charge is -2.10. The number of aromatic nitrogens is 3. The summed E-state index contributed by atoms with van der Waals surface area (Å²) in [7, 11) is 1.71. The molecule has 1 aromatic heterocycles. The van der Waals surface area contributed by atoms with Gasteiger partial charge in [0.2, 0.25) is 5.95 Å². The Morgan fingerprint density at radius 1 is 1.56 bits per heavy atom. The van der Waals surface area contributed by atoms with E-state index < -0.39 is 5.97 Å². The first-order valence-corrected chi connectivity index (χ1v) is 5.38. The molecule has 1 heterocycles. The highest BCUT2D eigenvalue weighted by Gasteiger charge is 2.40. The Hall–Kier alpha value is -1.59. The maximum atomic E-state index is 11.1. The molecule has 1 aromatic rings. The van der Waals surface area contributed by atoms with Gasteiger partial charge in [-0.1, -0.05) is 6.92 Å². The first kappa shape index (κ1) is 10.9. The molecule has 3 atom stereocenters. The highest BCUT2D eigenvalue weighted by molar-refractivity contribution is 5.71. The van der Waals surface area contributed by atoms with Gasteiger partial charge in [0.25, 0.3) is 0 Å². The van der Waals surface area contributed by atoms with E-state index in [1.807, 2.05) is 0 Å². The summed E-state index contributed by atoms with van der Waals surface area (Å²) in [5, 5.41) is 13.3. The Morgan fingerprint density at radius 3 is 2.75 bits per heavy atom. The quantitative estimate of drug-likeness (QED) is 0.767. The molecule has 3 unspecified atom stereocenters. The van der Waals surface area contributed by atoms with Crippen molar-refractivity contribution in [2.45, 2.75) is 25.7 Å². The number of carboxylic acid groups (broad SMARTS) is 1. The summed E-state index contributed by atoms with van der Waals surface area (Å²) in [6, 6.07) is 0. The number of hydrogen-bond donors (Lipinski definition) is 2. The van der Waals surface area contributed by atoms with Gasteiger partial charge in [0.15, 0.2) is 5.82 Å². The first-order valence-electron chi connectivity index (χ1n) is 5.38. The fraction of sp³-hybridized carbons (Fsp3) is 0.700. The lowest BCUT2D eigenvalue weighted by Crippen LogP contribution is -2.18. The Labute approximate surface area is 93.5 Å². The fourth-order valence-electron chi connectivity index (χ4n) is 2.42. The summed E-state index contributed by atoms with van der Waals surface area (Å²) in [5.41, 5.74) is 5.61. The number of carbonyl (C=O) groups is 1. The van der Waals surface area contributed by atoms with E-state index in [2.05, 4.69) is 17.0 Å². The average Bonchev–Trinajstić information content (AvgIpc) is 2.71. The lowest BCUT2D eigenvalue weighted by molar-refractivity contribution is -0.142. The normalized spacial score (nSPS) is 29.5. The van der Waals surface area contributed by atoms with Crippen LogP contribution >= 0.6 is 0 Å². The molecule has 88 valence electrons. The number of carboxylic acids is 1. The van der Waals surface area contributed by atoms with E-state index in [9.17, 15) is 4.79 Å². The lowest BCUT2D eigenvalue weighted by atomic mass is 9.96. The van der Waals surface area contributed by atoms with Gasteiger partial charge in [0.1, 0.15) is 0 Å². The molecule has 0 aromatic carbocycles. The van der Waals surface area contributed by atoms with Crippen LogP contribution in [0.5, 0.6) is 0 Å². The molecule has 0 radical (unpaired) electrons. The van der Waals surface area contributed by atoms with Crippen molar-refractivity contribution in [3.8, 4) is 0 Å². The van der Waals surface area contributed by atoms with Crippen LogP contribution in [0.25, 0.3) is 0 Å². The number of aryl methyl sites for hydroxylation is 1. The van der Waals surface area contributed by atoms with Crippen molar-refractivity contribution in [1.82, 2.24) is 14.8 Å². The first-order chi connectivity index (χ1) is 7.49. The van der Waals surface area contributed by atoms with Crippen LogP contribution in [0.2, 0.25) is 0 Å². The van der Waals surface area contributed by atoms with Crippen molar-refractivity contribution >= 4 is 11.9 Å². The maximum absolute atomic E-state index is 11.1. The van der Waals surface area contributed by atoms with Crippen LogP contribution in [-0.4, -0.2) is 25.8 Å². The third kappa shape index (κ3) is 1.75. The Morgan fingerprint density at radius 2 is 2.25 bits per heavy atom. The van der Waals surface area contributed by atoms with Crippen LogP contribution in [0.15, 0.2) is 0 Å². The van der Waals surface area contributed by atoms with Gasteiger partial charge < -0.3 is 10.8 Å².